The third-order valence-electron chi connectivity index (χ3n) is 2.88. The summed E-state index contributed by atoms with van der Waals surface area (Å²) in [7, 11) is 0. The largest absolute Gasteiger partial charge is 0.331 e. The number of thiazole rings is 2. The fraction of sp³-hybridized carbons (Fsp3) is 0. The molecule has 0 saturated heterocycles. The Kier molecular flexibility index (Phi) is 2.46. The predicted octanol–water partition coefficient (Wildman–Crippen LogP) is 4.65. The smallest absolute Gasteiger partial charge is 0.188 e. The van der Waals surface area contributed by atoms with Crippen LogP contribution < -0.4 is 5.32 Å². The Bertz CT molecular complexity index is 830. The van der Waals surface area contributed by atoms with E-state index in [1.807, 2.05) is 35.8 Å². The maximum absolute atomic E-state index is 4.57. The number of aromatic nitrogens is 2. The maximum atomic E-state index is 4.57. The van der Waals surface area contributed by atoms with Gasteiger partial charge in [-0.25, -0.2) is 9.97 Å². The zero-order valence-corrected chi connectivity index (χ0v) is 11.5. The second kappa shape index (κ2) is 4.29. The van der Waals surface area contributed by atoms with Gasteiger partial charge < -0.3 is 5.32 Å². The molecule has 0 aliphatic rings. The summed E-state index contributed by atoms with van der Waals surface area (Å²) in [4.78, 5) is 8.85. The van der Waals surface area contributed by atoms with Gasteiger partial charge in [0.2, 0.25) is 0 Å². The van der Waals surface area contributed by atoms with Crippen LogP contribution in [0.5, 0.6) is 0 Å². The number of para-hydroxylation sites is 1. The molecule has 0 aliphatic carbocycles. The molecule has 19 heavy (non-hydrogen) atoms. The molecule has 0 unspecified atom stereocenters. The third kappa shape index (κ3) is 1.97. The zero-order chi connectivity index (χ0) is 12.7. The fourth-order valence-electron chi connectivity index (χ4n) is 1.98. The molecule has 0 fully saturated rings. The Labute approximate surface area is 117 Å². The van der Waals surface area contributed by atoms with Crippen LogP contribution in [0.2, 0.25) is 0 Å². The lowest BCUT2D eigenvalue weighted by Crippen LogP contribution is -1.88. The summed E-state index contributed by atoms with van der Waals surface area (Å²) in [5.41, 5.74) is 5.00. The van der Waals surface area contributed by atoms with Gasteiger partial charge in [0.05, 0.1) is 25.9 Å². The van der Waals surface area contributed by atoms with Crippen molar-refractivity contribution in [2.45, 2.75) is 0 Å². The molecule has 2 aromatic carbocycles. The molecule has 3 nitrogen and oxygen atoms in total. The zero-order valence-electron chi connectivity index (χ0n) is 9.83. The van der Waals surface area contributed by atoms with Gasteiger partial charge in [0.1, 0.15) is 0 Å². The average Bonchev–Trinajstić information content (AvgIpc) is 3.03. The number of rotatable bonds is 2. The summed E-state index contributed by atoms with van der Waals surface area (Å²) in [5, 5.41) is 4.28. The number of benzene rings is 2. The van der Waals surface area contributed by atoms with Crippen LogP contribution in [-0.4, -0.2) is 9.97 Å². The third-order valence-corrected chi connectivity index (χ3v) is 4.62. The molecule has 0 aliphatic heterocycles. The predicted molar refractivity (Wildman–Crippen MR) is 82.5 cm³/mol. The second-order valence-electron chi connectivity index (χ2n) is 4.15. The number of nitrogens with zero attached hydrogens (tertiary/aromatic N) is 2. The van der Waals surface area contributed by atoms with Gasteiger partial charge >= 0.3 is 0 Å². The quantitative estimate of drug-likeness (QED) is 0.582. The lowest BCUT2D eigenvalue weighted by Gasteiger charge is -2.01. The van der Waals surface area contributed by atoms with Crippen molar-refractivity contribution >= 4 is 53.9 Å². The Balaban J connectivity index is 1.72. The van der Waals surface area contributed by atoms with Gasteiger partial charge in [0.15, 0.2) is 5.13 Å². The molecular weight excluding hydrogens is 274 g/mol. The molecule has 0 saturated carbocycles. The summed E-state index contributed by atoms with van der Waals surface area (Å²) in [6.07, 6.45) is 0. The molecule has 4 rings (SSSR count). The van der Waals surface area contributed by atoms with Gasteiger partial charge in [-0.05, 0) is 30.3 Å². The van der Waals surface area contributed by atoms with Crippen LogP contribution in [0.1, 0.15) is 0 Å². The number of anilines is 2. The van der Waals surface area contributed by atoms with Crippen LogP contribution in [0.25, 0.3) is 20.4 Å². The summed E-state index contributed by atoms with van der Waals surface area (Å²) < 4.78 is 2.38. The normalized spacial score (nSPS) is 11.2. The van der Waals surface area contributed by atoms with Crippen molar-refractivity contribution in [3.63, 3.8) is 0 Å². The van der Waals surface area contributed by atoms with E-state index in [0.29, 0.717) is 0 Å². The lowest BCUT2D eigenvalue weighted by molar-refractivity contribution is 1.44. The minimum atomic E-state index is 0.921. The van der Waals surface area contributed by atoms with Crippen molar-refractivity contribution in [1.29, 1.82) is 0 Å². The molecule has 0 amide bonds. The van der Waals surface area contributed by atoms with Crippen molar-refractivity contribution in [1.82, 2.24) is 9.97 Å². The number of hydrogen-bond acceptors (Lipinski definition) is 5. The van der Waals surface area contributed by atoms with Crippen LogP contribution in [0.4, 0.5) is 10.8 Å². The van der Waals surface area contributed by atoms with Crippen LogP contribution in [0.15, 0.2) is 48.0 Å². The Morgan fingerprint density at radius 3 is 2.84 bits per heavy atom. The minimum absolute atomic E-state index is 0.921. The number of nitrogens with one attached hydrogen (secondary N) is 1. The monoisotopic (exact) mass is 283 g/mol. The summed E-state index contributed by atoms with van der Waals surface area (Å²) in [5.74, 6) is 0. The van der Waals surface area contributed by atoms with Gasteiger partial charge in [-0.3, -0.25) is 0 Å². The molecule has 4 aromatic rings. The standard InChI is InChI=1S/C14H9N3S2/c1-2-4-12-11(3-1)17-14(19-12)16-9-5-6-10-13(7-9)18-8-15-10/h1-8H,(H,16,17). The number of fused-ring (bicyclic) bond motifs is 2. The van der Waals surface area contributed by atoms with E-state index in [9.17, 15) is 0 Å². The van der Waals surface area contributed by atoms with Crippen molar-refractivity contribution in [2.75, 3.05) is 5.32 Å². The average molecular weight is 283 g/mol. The SMILES string of the molecule is c1ccc2sc(Nc3ccc4ncsc4c3)nc2c1. The second-order valence-corrected chi connectivity index (χ2v) is 6.06. The molecule has 2 aromatic heterocycles. The Hall–Kier alpha value is -1.98. The highest BCUT2D eigenvalue weighted by atomic mass is 32.1. The summed E-state index contributed by atoms with van der Waals surface area (Å²) >= 11 is 3.31. The first kappa shape index (κ1) is 10.9. The van der Waals surface area contributed by atoms with Gasteiger partial charge in [0.25, 0.3) is 0 Å². The van der Waals surface area contributed by atoms with Crippen molar-refractivity contribution in [2.24, 2.45) is 0 Å². The molecule has 0 atom stereocenters. The van der Waals surface area contributed by atoms with Crippen molar-refractivity contribution < 1.29 is 0 Å². The highest BCUT2D eigenvalue weighted by Gasteiger charge is 2.04. The molecule has 2 heterocycles. The van der Waals surface area contributed by atoms with Crippen LogP contribution in [-0.2, 0) is 0 Å². The molecule has 0 spiro atoms. The molecule has 1 N–H and O–H groups in total. The van der Waals surface area contributed by atoms with E-state index in [-0.39, 0.29) is 0 Å². The van der Waals surface area contributed by atoms with Crippen LogP contribution in [0, 0.1) is 0 Å². The molecule has 0 radical (unpaired) electrons. The Morgan fingerprint density at radius 2 is 1.89 bits per heavy atom. The van der Waals surface area contributed by atoms with Crippen molar-refractivity contribution in [3.8, 4) is 0 Å². The topological polar surface area (TPSA) is 37.8 Å². The van der Waals surface area contributed by atoms with E-state index in [2.05, 4.69) is 27.4 Å². The minimum Gasteiger partial charge on any atom is -0.331 e. The summed E-state index contributed by atoms with van der Waals surface area (Å²) in [6, 6.07) is 14.3. The highest BCUT2D eigenvalue weighted by molar-refractivity contribution is 7.22. The fourth-order valence-corrected chi connectivity index (χ4v) is 3.58. The van der Waals surface area contributed by atoms with E-state index in [1.165, 1.54) is 9.40 Å². The Morgan fingerprint density at radius 1 is 0.947 bits per heavy atom. The van der Waals surface area contributed by atoms with Crippen LogP contribution in [0.3, 0.4) is 0 Å². The van der Waals surface area contributed by atoms with Gasteiger partial charge in [-0.1, -0.05) is 23.5 Å². The van der Waals surface area contributed by atoms with Gasteiger partial charge in [0, 0.05) is 5.69 Å². The first-order valence-electron chi connectivity index (χ1n) is 5.84. The van der Waals surface area contributed by atoms with E-state index in [0.717, 1.165) is 21.9 Å². The maximum Gasteiger partial charge on any atom is 0.188 e. The number of hydrogen-bond donors (Lipinski definition) is 1. The lowest BCUT2D eigenvalue weighted by atomic mass is 10.3. The van der Waals surface area contributed by atoms with E-state index in [1.54, 1.807) is 22.7 Å². The molecule has 92 valence electrons. The first-order chi connectivity index (χ1) is 9.38. The van der Waals surface area contributed by atoms with E-state index < -0.39 is 0 Å². The highest BCUT2D eigenvalue weighted by Crippen LogP contribution is 2.29. The van der Waals surface area contributed by atoms with Gasteiger partial charge in [-0.15, -0.1) is 11.3 Å². The van der Waals surface area contributed by atoms with Gasteiger partial charge in [-0.2, -0.15) is 0 Å². The summed E-state index contributed by atoms with van der Waals surface area (Å²) in [6.45, 7) is 0. The van der Waals surface area contributed by atoms with E-state index in [4.69, 9.17) is 0 Å². The van der Waals surface area contributed by atoms with E-state index >= 15 is 0 Å². The van der Waals surface area contributed by atoms with Crippen LogP contribution >= 0.6 is 22.7 Å². The first-order valence-corrected chi connectivity index (χ1v) is 7.54. The van der Waals surface area contributed by atoms with Crippen molar-refractivity contribution in [3.05, 3.63) is 48.0 Å². The molecular formula is C14H9N3S2. The molecule has 5 heteroatoms. The molecule has 0 bridgehead atoms.